The monoisotopic (exact) mass is 314 g/mol. The lowest BCUT2D eigenvalue weighted by Gasteiger charge is -2.20. The Morgan fingerprint density at radius 2 is 1.78 bits per heavy atom. The highest BCUT2D eigenvalue weighted by atomic mass is 16.6. The molecule has 23 heavy (non-hydrogen) atoms. The van der Waals surface area contributed by atoms with Crippen LogP contribution in [0, 0.1) is 0 Å². The fourth-order valence-electron chi connectivity index (χ4n) is 2.15. The molecule has 0 atom stereocenters. The normalized spacial score (nSPS) is 11.1. The van der Waals surface area contributed by atoms with E-state index in [1.165, 1.54) is 4.57 Å². The van der Waals surface area contributed by atoms with Crippen molar-refractivity contribution < 1.29 is 14.3 Å². The van der Waals surface area contributed by atoms with Crippen LogP contribution < -0.4 is 5.32 Å². The number of carbonyl (C=O) groups excluding carboxylic acids is 2. The highest BCUT2D eigenvalue weighted by Gasteiger charge is 2.19. The van der Waals surface area contributed by atoms with Crippen molar-refractivity contribution in [3.8, 4) is 11.3 Å². The number of likely N-dealkylation sites (N-methyl/N-ethyl adjacent to an activating group) is 1. The maximum absolute atomic E-state index is 12.3. The molecule has 0 aliphatic carbocycles. The zero-order valence-corrected chi connectivity index (χ0v) is 13.9. The fourth-order valence-corrected chi connectivity index (χ4v) is 2.15. The third-order valence-electron chi connectivity index (χ3n) is 3.23. The number of benzene rings is 1. The van der Waals surface area contributed by atoms with Gasteiger partial charge in [0.1, 0.15) is 5.60 Å². The average molecular weight is 314 g/mol. The van der Waals surface area contributed by atoms with E-state index >= 15 is 0 Å². The van der Waals surface area contributed by atoms with Gasteiger partial charge in [-0.05, 0) is 44.0 Å². The molecule has 1 amide bonds. The van der Waals surface area contributed by atoms with E-state index in [0.717, 1.165) is 16.8 Å². The van der Waals surface area contributed by atoms with Crippen LogP contribution in [0.25, 0.3) is 11.3 Å². The van der Waals surface area contributed by atoms with Gasteiger partial charge in [0.05, 0.1) is 12.1 Å². The smallest absolute Gasteiger partial charge is 0.418 e. The molecular formula is C18H22N2O3. The molecule has 0 aliphatic rings. The van der Waals surface area contributed by atoms with Gasteiger partial charge >= 0.3 is 6.09 Å². The minimum atomic E-state index is -0.546. The second kappa shape index (κ2) is 6.69. The first-order chi connectivity index (χ1) is 10.8. The highest BCUT2D eigenvalue weighted by molar-refractivity contribution is 5.80. The van der Waals surface area contributed by atoms with Crippen LogP contribution in [0.5, 0.6) is 0 Å². The molecule has 0 saturated heterocycles. The van der Waals surface area contributed by atoms with Crippen molar-refractivity contribution in [2.24, 2.45) is 0 Å². The molecular weight excluding hydrogens is 292 g/mol. The van der Waals surface area contributed by atoms with Gasteiger partial charge in [-0.2, -0.15) is 0 Å². The summed E-state index contributed by atoms with van der Waals surface area (Å²) in [5.41, 5.74) is 2.02. The number of nitrogens with one attached hydrogen (secondary N) is 1. The SMILES string of the molecule is CNC(=O)Cc1ccc(-c2cccn2C(=O)OC(C)(C)C)cc1. The lowest BCUT2D eigenvalue weighted by Crippen LogP contribution is -2.27. The molecule has 1 heterocycles. The zero-order chi connectivity index (χ0) is 17.0. The summed E-state index contributed by atoms with van der Waals surface area (Å²) >= 11 is 0. The lowest BCUT2D eigenvalue weighted by atomic mass is 10.1. The van der Waals surface area contributed by atoms with Gasteiger partial charge in [-0.3, -0.25) is 9.36 Å². The predicted molar refractivity (Wildman–Crippen MR) is 89.3 cm³/mol. The van der Waals surface area contributed by atoms with Gasteiger partial charge in [0.15, 0.2) is 0 Å². The van der Waals surface area contributed by atoms with Crippen LogP contribution in [0.2, 0.25) is 0 Å². The molecule has 0 radical (unpaired) electrons. The molecule has 0 fully saturated rings. The van der Waals surface area contributed by atoms with Gasteiger partial charge in [-0.25, -0.2) is 4.79 Å². The topological polar surface area (TPSA) is 60.3 Å². The number of ether oxygens (including phenoxy) is 1. The Balaban J connectivity index is 2.22. The fraction of sp³-hybridized carbons (Fsp3) is 0.333. The average Bonchev–Trinajstić information content (AvgIpc) is 2.95. The molecule has 0 saturated carbocycles. The first-order valence-corrected chi connectivity index (χ1v) is 7.51. The minimum absolute atomic E-state index is 0.0325. The maximum Gasteiger partial charge on any atom is 0.418 e. The number of carbonyl (C=O) groups is 2. The number of hydrogen-bond acceptors (Lipinski definition) is 3. The molecule has 122 valence electrons. The molecule has 1 aromatic carbocycles. The van der Waals surface area contributed by atoms with Crippen LogP contribution >= 0.6 is 0 Å². The van der Waals surface area contributed by atoms with E-state index in [1.807, 2.05) is 51.1 Å². The maximum atomic E-state index is 12.3. The Labute approximate surface area is 136 Å². The minimum Gasteiger partial charge on any atom is -0.443 e. The quantitative estimate of drug-likeness (QED) is 0.946. The van der Waals surface area contributed by atoms with Crippen molar-refractivity contribution in [3.63, 3.8) is 0 Å². The van der Waals surface area contributed by atoms with E-state index < -0.39 is 11.7 Å². The summed E-state index contributed by atoms with van der Waals surface area (Å²) in [5.74, 6) is -0.0325. The zero-order valence-electron chi connectivity index (χ0n) is 13.9. The van der Waals surface area contributed by atoms with Crippen LogP contribution in [0.15, 0.2) is 42.6 Å². The summed E-state index contributed by atoms with van der Waals surface area (Å²) in [7, 11) is 1.62. The van der Waals surface area contributed by atoms with E-state index in [4.69, 9.17) is 4.74 Å². The van der Waals surface area contributed by atoms with Crippen molar-refractivity contribution >= 4 is 12.0 Å². The van der Waals surface area contributed by atoms with Gasteiger partial charge < -0.3 is 10.1 Å². The molecule has 5 heteroatoms. The van der Waals surface area contributed by atoms with Crippen LogP contribution in [0.1, 0.15) is 26.3 Å². The van der Waals surface area contributed by atoms with E-state index in [2.05, 4.69) is 5.32 Å². The van der Waals surface area contributed by atoms with Gasteiger partial charge in [-0.1, -0.05) is 24.3 Å². The molecule has 2 aromatic rings. The number of amides is 1. The van der Waals surface area contributed by atoms with E-state index in [-0.39, 0.29) is 5.91 Å². The van der Waals surface area contributed by atoms with Crippen LogP contribution in [0.4, 0.5) is 4.79 Å². The Morgan fingerprint density at radius 3 is 2.35 bits per heavy atom. The van der Waals surface area contributed by atoms with Gasteiger partial charge in [0, 0.05) is 13.2 Å². The number of nitrogens with zero attached hydrogens (tertiary/aromatic N) is 1. The Bertz CT molecular complexity index is 694. The third kappa shape index (κ3) is 4.45. The van der Waals surface area contributed by atoms with Gasteiger partial charge in [-0.15, -0.1) is 0 Å². The van der Waals surface area contributed by atoms with Crippen molar-refractivity contribution in [3.05, 3.63) is 48.2 Å². The van der Waals surface area contributed by atoms with Crippen molar-refractivity contribution in [2.75, 3.05) is 7.05 Å². The van der Waals surface area contributed by atoms with Gasteiger partial charge in [0.2, 0.25) is 5.91 Å². The second-order valence-corrected chi connectivity index (χ2v) is 6.29. The van der Waals surface area contributed by atoms with E-state index in [1.54, 1.807) is 19.3 Å². The Morgan fingerprint density at radius 1 is 1.13 bits per heavy atom. The summed E-state index contributed by atoms with van der Waals surface area (Å²) in [6.45, 7) is 5.50. The summed E-state index contributed by atoms with van der Waals surface area (Å²) in [6, 6.07) is 11.2. The largest absolute Gasteiger partial charge is 0.443 e. The third-order valence-corrected chi connectivity index (χ3v) is 3.23. The molecule has 0 aliphatic heterocycles. The first-order valence-electron chi connectivity index (χ1n) is 7.51. The van der Waals surface area contributed by atoms with Gasteiger partial charge in [0.25, 0.3) is 0 Å². The van der Waals surface area contributed by atoms with Crippen molar-refractivity contribution in [1.82, 2.24) is 9.88 Å². The summed E-state index contributed by atoms with van der Waals surface area (Å²) in [5, 5.41) is 2.60. The molecule has 5 nitrogen and oxygen atoms in total. The number of aromatic nitrogens is 1. The Hall–Kier alpha value is -2.56. The van der Waals surface area contributed by atoms with Crippen molar-refractivity contribution in [2.45, 2.75) is 32.8 Å². The van der Waals surface area contributed by atoms with E-state index in [0.29, 0.717) is 6.42 Å². The van der Waals surface area contributed by atoms with E-state index in [9.17, 15) is 9.59 Å². The standard InChI is InChI=1S/C18H22N2O3/c1-18(2,3)23-17(22)20-11-5-6-15(20)14-9-7-13(8-10-14)12-16(21)19-4/h5-11H,12H2,1-4H3,(H,19,21). The highest BCUT2D eigenvalue weighted by Crippen LogP contribution is 2.22. The van der Waals surface area contributed by atoms with Crippen molar-refractivity contribution in [1.29, 1.82) is 0 Å². The van der Waals surface area contributed by atoms with Crippen LogP contribution in [-0.2, 0) is 16.0 Å². The predicted octanol–water partition coefficient (Wildman–Crippen LogP) is 3.23. The lowest BCUT2D eigenvalue weighted by molar-refractivity contribution is -0.119. The molecule has 1 aromatic heterocycles. The molecule has 1 N–H and O–H groups in total. The summed E-state index contributed by atoms with van der Waals surface area (Å²) in [6.07, 6.45) is 1.61. The second-order valence-electron chi connectivity index (χ2n) is 6.29. The van der Waals surface area contributed by atoms with Crippen LogP contribution in [0.3, 0.4) is 0 Å². The van der Waals surface area contributed by atoms with Crippen LogP contribution in [-0.4, -0.2) is 29.2 Å². The summed E-state index contributed by atoms with van der Waals surface area (Å²) in [4.78, 5) is 23.6. The Kier molecular flexibility index (Phi) is 4.89. The number of hydrogen-bond donors (Lipinski definition) is 1. The first kappa shape index (κ1) is 16.8. The summed E-state index contributed by atoms with van der Waals surface area (Å²) < 4.78 is 6.89. The number of rotatable bonds is 3. The molecule has 0 unspecified atom stereocenters. The molecule has 0 bridgehead atoms. The molecule has 0 spiro atoms. The molecule has 2 rings (SSSR count).